The first-order valence-electron chi connectivity index (χ1n) is 5.75. The number of amides is 1. The van der Waals surface area contributed by atoms with Crippen LogP contribution in [0.25, 0.3) is 0 Å². The van der Waals surface area contributed by atoms with Gasteiger partial charge in [-0.2, -0.15) is 0 Å². The Morgan fingerprint density at radius 2 is 1.59 bits per heavy atom. The van der Waals surface area contributed by atoms with E-state index >= 15 is 0 Å². The second-order valence-corrected chi connectivity index (χ2v) is 6.48. The molecule has 0 saturated carbocycles. The van der Waals surface area contributed by atoms with E-state index in [4.69, 9.17) is 49.8 Å². The fourth-order valence-corrected chi connectivity index (χ4v) is 1.27. The number of carbonyl (C=O) groups excluding carboxylic acids is 2. The highest BCUT2D eigenvalue weighted by Gasteiger charge is 2.43. The summed E-state index contributed by atoms with van der Waals surface area (Å²) in [4.78, 5) is 20.3. The molecule has 5 atom stereocenters. The number of halogens is 3. The highest BCUT2D eigenvalue weighted by Crippen LogP contribution is 2.24. The van der Waals surface area contributed by atoms with Gasteiger partial charge in [-0.15, -0.1) is 0 Å². The van der Waals surface area contributed by atoms with Crippen molar-refractivity contribution in [3.63, 3.8) is 0 Å². The monoisotopic (exact) mass is 383 g/mol. The zero-order valence-electron chi connectivity index (χ0n) is 11.2. The molecule has 0 radical (unpaired) electrons. The fraction of sp³-hybridized carbons (Fsp3) is 0.800. The normalized spacial score (nSPS) is 31.7. The zero-order valence-corrected chi connectivity index (χ0v) is 13.5. The lowest BCUT2D eigenvalue weighted by atomic mass is 9.99. The molecule has 0 bridgehead atoms. The number of alkyl halides is 3. The number of aliphatic hydroxyl groups excluding tert-OH is 4. The summed E-state index contributed by atoms with van der Waals surface area (Å²) in [6.07, 6.45) is -7.18. The Morgan fingerprint density at radius 3 is 1.95 bits per heavy atom. The quantitative estimate of drug-likeness (QED) is 0.275. The Morgan fingerprint density at radius 1 is 1.14 bits per heavy atom. The molecule has 0 spiro atoms. The molecule has 22 heavy (non-hydrogen) atoms. The summed E-state index contributed by atoms with van der Waals surface area (Å²) < 4.78 is 7.36. The molecule has 0 aromatic carbocycles. The molecule has 1 rings (SSSR count). The van der Waals surface area contributed by atoms with Crippen LogP contribution in [0.4, 0.5) is 0 Å². The molecule has 0 aromatic rings. The van der Waals surface area contributed by atoms with Gasteiger partial charge in [-0.1, -0.05) is 34.8 Å². The van der Waals surface area contributed by atoms with Gasteiger partial charge in [0, 0.05) is 6.92 Å². The molecule has 1 saturated heterocycles. The van der Waals surface area contributed by atoms with Crippen molar-refractivity contribution in [3.05, 3.63) is 0 Å². The van der Waals surface area contributed by atoms with Crippen molar-refractivity contribution in [2.24, 2.45) is 5.73 Å². The molecule has 1 fully saturated rings. The van der Waals surface area contributed by atoms with Gasteiger partial charge >= 0.3 is 5.97 Å². The Bertz CT molecular complexity index is 391. The molecular formula is C10H16Cl3NO8. The standard InChI is InChI=1S/C8H14O7.C2H2Cl3NO/c1-3(9)14-2-4-5(10)6(11)7(12)8(13)15-4;3-2(4,5)1(6)7/h4-8,10-13H,2H2,1H3;(H2,6,7)/t4-,5-,6+,7+,8+;/m1./s1. The van der Waals surface area contributed by atoms with Crippen molar-refractivity contribution in [2.75, 3.05) is 6.61 Å². The van der Waals surface area contributed by atoms with E-state index in [0.717, 1.165) is 0 Å². The highest BCUT2D eigenvalue weighted by atomic mass is 35.6. The third-order valence-corrected chi connectivity index (χ3v) is 2.98. The van der Waals surface area contributed by atoms with Crippen LogP contribution >= 0.6 is 34.8 Å². The van der Waals surface area contributed by atoms with E-state index in [1.54, 1.807) is 0 Å². The number of carbonyl (C=O) groups is 2. The SMILES string of the molecule is CC(=O)OC[C@H]1O[C@H](O)[C@@H](O)[C@@H](O)[C@@H]1O.NC(=O)C(Cl)(Cl)Cl. The Kier molecular flexibility index (Phi) is 8.88. The van der Waals surface area contributed by atoms with E-state index in [9.17, 15) is 19.8 Å². The van der Waals surface area contributed by atoms with E-state index in [1.807, 2.05) is 0 Å². The van der Waals surface area contributed by atoms with Gasteiger partial charge in [0.1, 0.15) is 31.0 Å². The number of ether oxygens (including phenoxy) is 2. The number of hydrogen-bond acceptors (Lipinski definition) is 8. The topological polar surface area (TPSA) is 160 Å². The molecule has 0 aliphatic carbocycles. The maximum absolute atomic E-state index is 10.5. The minimum atomic E-state index is -1.94. The van der Waals surface area contributed by atoms with Crippen molar-refractivity contribution in [1.82, 2.24) is 0 Å². The van der Waals surface area contributed by atoms with E-state index < -0.39 is 46.4 Å². The molecule has 130 valence electrons. The van der Waals surface area contributed by atoms with E-state index in [1.165, 1.54) is 6.92 Å². The van der Waals surface area contributed by atoms with E-state index in [0.29, 0.717) is 0 Å². The van der Waals surface area contributed by atoms with Gasteiger partial charge in [-0.05, 0) is 0 Å². The summed E-state index contributed by atoms with van der Waals surface area (Å²) in [7, 11) is 0. The van der Waals surface area contributed by atoms with Crippen LogP contribution in [-0.4, -0.2) is 73.4 Å². The van der Waals surface area contributed by atoms with Crippen LogP contribution in [0.15, 0.2) is 0 Å². The van der Waals surface area contributed by atoms with Gasteiger partial charge in [0.05, 0.1) is 0 Å². The van der Waals surface area contributed by atoms with Gasteiger partial charge in [-0.25, -0.2) is 0 Å². The van der Waals surface area contributed by atoms with Crippen LogP contribution in [0.2, 0.25) is 0 Å². The number of nitrogens with two attached hydrogens (primary N) is 1. The maximum Gasteiger partial charge on any atom is 0.302 e. The predicted octanol–water partition coefficient (Wildman–Crippen LogP) is -1.81. The smallest absolute Gasteiger partial charge is 0.302 e. The number of primary amides is 1. The maximum atomic E-state index is 10.5. The average Bonchev–Trinajstić information content (AvgIpc) is 2.38. The fourth-order valence-electron chi connectivity index (χ4n) is 1.27. The van der Waals surface area contributed by atoms with Crippen LogP contribution in [-0.2, 0) is 19.1 Å². The molecule has 6 N–H and O–H groups in total. The number of aliphatic hydroxyl groups is 4. The molecule has 1 aliphatic rings. The van der Waals surface area contributed by atoms with Crippen molar-refractivity contribution in [2.45, 2.75) is 41.4 Å². The van der Waals surface area contributed by atoms with Crippen LogP contribution in [0, 0.1) is 0 Å². The Hall–Kier alpha value is -0.390. The highest BCUT2D eigenvalue weighted by molar-refractivity contribution is 6.76. The van der Waals surface area contributed by atoms with Gasteiger partial charge in [0.25, 0.3) is 9.70 Å². The molecule has 1 aliphatic heterocycles. The lowest BCUT2D eigenvalue weighted by Crippen LogP contribution is -2.58. The molecule has 9 nitrogen and oxygen atoms in total. The second kappa shape index (κ2) is 9.04. The predicted molar refractivity (Wildman–Crippen MR) is 75.0 cm³/mol. The molecule has 12 heteroatoms. The van der Waals surface area contributed by atoms with Crippen LogP contribution < -0.4 is 5.73 Å². The minimum Gasteiger partial charge on any atom is -0.463 e. The lowest BCUT2D eigenvalue weighted by molar-refractivity contribution is -0.287. The van der Waals surface area contributed by atoms with Crippen molar-refractivity contribution < 1.29 is 39.5 Å². The first-order valence-corrected chi connectivity index (χ1v) is 6.89. The molecule has 0 unspecified atom stereocenters. The summed E-state index contributed by atoms with van der Waals surface area (Å²) in [6.45, 7) is 0.883. The average molecular weight is 385 g/mol. The van der Waals surface area contributed by atoms with E-state index in [-0.39, 0.29) is 6.61 Å². The summed E-state index contributed by atoms with van der Waals surface area (Å²) in [5.41, 5.74) is 4.53. The lowest BCUT2D eigenvalue weighted by Gasteiger charge is -2.37. The first-order chi connectivity index (χ1) is 9.87. The molecule has 1 heterocycles. The van der Waals surface area contributed by atoms with Crippen LogP contribution in [0.1, 0.15) is 6.92 Å². The largest absolute Gasteiger partial charge is 0.463 e. The minimum absolute atomic E-state index is 0.294. The molecule has 1 amide bonds. The third kappa shape index (κ3) is 7.25. The number of hydrogen-bond donors (Lipinski definition) is 5. The van der Waals surface area contributed by atoms with Crippen LogP contribution in [0.3, 0.4) is 0 Å². The van der Waals surface area contributed by atoms with Gasteiger partial charge in [-0.3, -0.25) is 9.59 Å². The van der Waals surface area contributed by atoms with Gasteiger partial charge in [0.2, 0.25) is 0 Å². The molecule has 0 aromatic heterocycles. The summed E-state index contributed by atoms with van der Waals surface area (Å²) in [5, 5.41) is 36.9. The van der Waals surface area contributed by atoms with Gasteiger partial charge < -0.3 is 35.6 Å². The van der Waals surface area contributed by atoms with E-state index in [2.05, 4.69) is 10.5 Å². The Balaban J connectivity index is 0.000000534. The second-order valence-electron chi connectivity index (χ2n) is 4.20. The number of rotatable bonds is 2. The molecular weight excluding hydrogens is 368 g/mol. The zero-order chi connectivity index (χ0) is 17.7. The Labute approximate surface area is 140 Å². The van der Waals surface area contributed by atoms with Crippen LogP contribution in [0.5, 0.6) is 0 Å². The van der Waals surface area contributed by atoms with Crippen molar-refractivity contribution in [3.8, 4) is 0 Å². The summed E-state index contributed by atoms with van der Waals surface area (Å²) >= 11 is 14.8. The summed E-state index contributed by atoms with van der Waals surface area (Å²) in [5.74, 6) is -1.53. The third-order valence-electron chi connectivity index (χ3n) is 2.42. The first kappa shape index (κ1) is 21.6. The van der Waals surface area contributed by atoms with Gasteiger partial charge in [0.15, 0.2) is 6.29 Å². The summed E-state index contributed by atoms with van der Waals surface area (Å²) in [6, 6.07) is 0. The van der Waals surface area contributed by atoms with Crippen molar-refractivity contribution >= 4 is 46.7 Å². The number of esters is 1. The van der Waals surface area contributed by atoms with Crippen molar-refractivity contribution in [1.29, 1.82) is 0 Å².